The molecule has 43 valence electrons. The molecule has 0 spiro atoms. The minimum atomic E-state index is -0.0370. The molecule has 8 heavy (non-hydrogen) atoms. The van der Waals surface area contributed by atoms with Crippen LogP contribution >= 0.6 is 12.6 Å². The Morgan fingerprint density at radius 3 is 2.75 bits per heavy atom. The Hall–Kier alpha value is -0.370. The van der Waals surface area contributed by atoms with Crippen molar-refractivity contribution in [3.8, 4) is 0 Å². The van der Waals surface area contributed by atoms with Gasteiger partial charge in [-0.2, -0.15) is 12.6 Å². The molecule has 0 saturated heterocycles. The minimum absolute atomic E-state index is 0.0370. The molecule has 0 bridgehead atoms. The number of thiol groups is 1. The van der Waals surface area contributed by atoms with Gasteiger partial charge >= 0.3 is 0 Å². The van der Waals surface area contributed by atoms with Crippen molar-refractivity contribution < 1.29 is 4.42 Å². The van der Waals surface area contributed by atoms with E-state index in [2.05, 4.69) is 19.6 Å². The second-order valence-electron chi connectivity index (χ2n) is 1.53. The fraction of sp³-hybridized carbons (Fsp3) is 0.167. The zero-order valence-electron chi connectivity index (χ0n) is 4.37. The summed E-state index contributed by atoms with van der Waals surface area (Å²) in [6.45, 7) is 3.65. The van der Waals surface area contributed by atoms with E-state index in [1.165, 1.54) is 0 Å². The molecule has 1 nitrogen and oxygen atoms in total. The van der Waals surface area contributed by atoms with Gasteiger partial charge in [0.2, 0.25) is 0 Å². The van der Waals surface area contributed by atoms with Gasteiger partial charge in [-0.3, -0.25) is 0 Å². The van der Waals surface area contributed by atoms with Crippen LogP contribution in [0.4, 0.5) is 0 Å². The molecule has 1 aromatic heterocycles. The summed E-state index contributed by atoms with van der Waals surface area (Å²) < 4.78 is 4.96. The van der Waals surface area contributed by atoms with Crippen LogP contribution in [0.15, 0.2) is 22.8 Å². The normalized spacial score (nSPS) is 13.8. The van der Waals surface area contributed by atoms with Crippen LogP contribution in [0.1, 0.15) is 11.0 Å². The molecule has 1 radical (unpaired) electrons. The molecule has 1 unspecified atom stereocenters. The van der Waals surface area contributed by atoms with Crippen molar-refractivity contribution in [1.82, 2.24) is 0 Å². The average Bonchev–Trinajstić information content (AvgIpc) is 2.12. The van der Waals surface area contributed by atoms with E-state index in [4.69, 9.17) is 4.42 Å². The molecule has 2 heteroatoms. The Bertz CT molecular complexity index is 144. The monoisotopic (exact) mass is 127 g/mol. The molecule has 0 aromatic carbocycles. The number of hydrogen-bond donors (Lipinski definition) is 1. The van der Waals surface area contributed by atoms with Crippen LogP contribution in [0.2, 0.25) is 0 Å². The van der Waals surface area contributed by atoms with Crippen molar-refractivity contribution in [2.24, 2.45) is 0 Å². The smallest absolute Gasteiger partial charge is 0.116 e. The molecular weight excluding hydrogens is 120 g/mol. The molecule has 0 saturated carbocycles. The van der Waals surface area contributed by atoms with Gasteiger partial charge in [-0.05, 0) is 19.1 Å². The van der Waals surface area contributed by atoms with E-state index in [9.17, 15) is 0 Å². The molecule has 0 aliphatic heterocycles. The highest BCUT2D eigenvalue weighted by atomic mass is 32.1. The molecule has 1 atom stereocenters. The molecule has 0 N–H and O–H groups in total. The molecule has 0 fully saturated rings. The van der Waals surface area contributed by atoms with Crippen molar-refractivity contribution in [3.05, 3.63) is 31.1 Å². The maximum atomic E-state index is 4.96. The van der Waals surface area contributed by atoms with E-state index >= 15 is 0 Å². The van der Waals surface area contributed by atoms with Crippen molar-refractivity contribution in [3.63, 3.8) is 0 Å². The zero-order chi connectivity index (χ0) is 5.98. The van der Waals surface area contributed by atoms with Gasteiger partial charge in [-0.15, -0.1) is 0 Å². The second kappa shape index (κ2) is 2.27. The Labute approximate surface area is 54.1 Å². The third-order valence-corrected chi connectivity index (χ3v) is 1.13. The highest BCUT2D eigenvalue weighted by molar-refractivity contribution is 7.80. The van der Waals surface area contributed by atoms with Crippen LogP contribution in [0.3, 0.4) is 0 Å². The summed E-state index contributed by atoms with van der Waals surface area (Å²) in [4.78, 5) is 0. The fourth-order valence-corrected chi connectivity index (χ4v) is 0.628. The summed E-state index contributed by atoms with van der Waals surface area (Å²) in [5.41, 5.74) is 0. The summed E-state index contributed by atoms with van der Waals surface area (Å²) in [5.74, 6) is 0.813. The van der Waals surface area contributed by atoms with Crippen molar-refractivity contribution in [1.29, 1.82) is 0 Å². The highest BCUT2D eigenvalue weighted by Gasteiger charge is 1.99. The van der Waals surface area contributed by atoms with Crippen LogP contribution in [0, 0.1) is 6.92 Å². The third kappa shape index (κ3) is 1.07. The highest BCUT2D eigenvalue weighted by Crippen LogP contribution is 2.17. The van der Waals surface area contributed by atoms with Gasteiger partial charge in [0, 0.05) is 0 Å². The molecule has 0 aliphatic rings. The first-order valence-electron chi connectivity index (χ1n) is 2.35. The van der Waals surface area contributed by atoms with E-state index in [1.807, 2.05) is 12.1 Å². The largest absolute Gasteiger partial charge is 0.468 e. The van der Waals surface area contributed by atoms with E-state index in [0.717, 1.165) is 5.76 Å². The van der Waals surface area contributed by atoms with Gasteiger partial charge in [0.15, 0.2) is 0 Å². The van der Waals surface area contributed by atoms with E-state index in [-0.39, 0.29) is 5.25 Å². The lowest BCUT2D eigenvalue weighted by molar-refractivity contribution is 0.520. The van der Waals surface area contributed by atoms with Gasteiger partial charge in [0.1, 0.15) is 5.76 Å². The van der Waals surface area contributed by atoms with E-state index < -0.39 is 0 Å². The van der Waals surface area contributed by atoms with Crippen LogP contribution in [0.5, 0.6) is 0 Å². The summed E-state index contributed by atoms with van der Waals surface area (Å²) >= 11 is 4.05. The number of hydrogen-bond acceptors (Lipinski definition) is 2. The van der Waals surface area contributed by atoms with Crippen LogP contribution in [-0.4, -0.2) is 0 Å². The zero-order valence-corrected chi connectivity index (χ0v) is 5.27. The molecular formula is C6H7OS. The fourth-order valence-electron chi connectivity index (χ4n) is 0.481. The molecule has 0 amide bonds. The Kier molecular flexibility index (Phi) is 1.63. The summed E-state index contributed by atoms with van der Waals surface area (Å²) in [5, 5.41) is -0.0370. The summed E-state index contributed by atoms with van der Waals surface area (Å²) in [7, 11) is 0. The van der Waals surface area contributed by atoms with Crippen LogP contribution in [0.25, 0.3) is 0 Å². The lowest BCUT2D eigenvalue weighted by Crippen LogP contribution is -1.75. The van der Waals surface area contributed by atoms with Gasteiger partial charge in [0.05, 0.1) is 11.5 Å². The predicted molar refractivity (Wildman–Crippen MR) is 35.8 cm³/mol. The Morgan fingerprint density at radius 2 is 2.50 bits per heavy atom. The topological polar surface area (TPSA) is 13.1 Å². The lowest BCUT2D eigenvalue weighted by Gasteiger charge is -1.93. The standard InChI is InChI=1S/C6H7OS/c1-5(8)6-3-2-4-7-6/h2-5,8H,1H2. The average molecular weight is 127 g/mol. The predicted octanol–water partition coefficient (Wildman–Crippen LogP) is 2.08. The molecule has 1 rings (SSSR count). The maximum absolute atomic E-state index is 4.96. The van der Waals surface area contributed by atoms with Crippen molar-refractivity contribution in [2.45, 2.75) is 5.25 Å². The number of furan rings is 1. The van der Waals surface area contributed by atoms with Gasteiger partial charge in [0.25, 0.3) is 0 Å². The summed E-state index contributed by atoms with van der Waals surface area (Å²) in [6, 6.07) is 3.68. The first-order valence-corrected chi connectivity index (χ1v) is 2.87. The third-order valence-electron chi connectivity index (χ3n) is 0.872. The minimum Gasteiger partial charge on any atom is -0.468 e. The summed E-state index contributed by atoms with van der Waals surface area (Å²) in [6.07, 6.45) is 1.61. The van der Waals surface area contributed by atoms with Gasteiger partial charge in [-0.1, -0.05) is 0 Å². The van der Waals surface area contributed by atoms with E-state index in [0.29, 0.717) is 0 Å². The van der Waals surface area contributed by atoms with Crippen LogP contribution in [-0.2, 0) is 0 Å². The maximum Gasteiger partial charge on any atom is 0.116 e. The molecule has 1 aromatic rings. The first-order chi connectivity index (χ1) is 3.80. The molecule has 1 heterocycles. The second-order valence-corrected chi connectivity index (χ2v) is 2.15. The SMILES string of the molecule is [CH2]C(S)c1ccco1. The van der Waals surface area contributed by atoms with E-state index in [1.54, 1.807) is 6.26 Å². The lowest BCUT2D eigenvalue weighted by atomic mass is 10.4. The Morgan fingerprint density at radius 1 is 1.75 bits per heavy atom. The molecule has 0 aliphatic carbocycles. The Balaban J connectivity index is 2.77. The number of rotatable bonds is 1. The van der Waals surface area contributed by atoms with Gasteiger partial charge < -0.3 is 4.42 Å². The van der Waals surface area contributed by atoms with Crippen LogP contribution < -0.4 is 0 Å². The quantitative estimate of drug-likeness (QED) is 0.570. The van der Waals surface area contributed by atoms with Crippen molar-refractivity contribution >= 4 is 12.6 Å². The van der Waals surface area contributed by atoms with Crippen molar-refractivity contribution in [2.75, 3.05) is 0 Å². The first kappa shape index (κ1) is 5.76. The van der Waals surface area contributed by atoms with Gasteiger partial charge in [-0.25, -0.2) is 0 Å².